The van der Waals surface area contributed by atoms with Crippen molar-refractivity contribution < 1.29 is 0 Å². The van der Waals surface area contributed by atoms with Crippen LogP contribution in [0.2, 0.25) is 0 Å². The minimum absolute atomic E-state index is 0.863. The van der Waals surface area contributed by atoms with Gasteiger partial charge < -0.3 is 9.55 Å². The van der Waals surface area contributed by atoms with Crippen LogP contribution < -0.4 is 0 Å². The number of imidazole rings is 1. The average molecular weight is 391 g/mol. The Balaban J connectivity index is 1.52. The van der Waals surface area contributed by atoms with Gasteiger partial charge >= 0.3 is 0 Å². The first-order chi connectivity index (χ1) is 14.8. The summed E-state index contributed by atoms with van der Waals surface area (Å²) in [6, 6.07) is 14.3. The standard InChI is InChI=1S/C23H17N7/c1-14-12-30(13-26-14)22-6-2-5-18-16(22)8-20(27-18)23-17-9-19(15-4-3-7-24-10-15)25-11-21(17)28-29-23/h2-13,27H,1H3,(H,28,29). The maximum atomic E-state index is 4.57. The minimum atomic E-state index is 0.863. The normalized spacial score (nSPS) is 11.5. The summed E-state index contributed by atoms with van der Waals surface area (Å²) in [6.45, 7) is 1.99. The second-order valence-electron chi connectivity index (χ2n) is 7.27. The Morgan fingerprint density at radius 2 is 1.90 bits per heavy atom. The molecule has 30 heavy (non-hydrogen) atoms. The van der Waals surface area contributed by atoms with Crippen molar-refractivity contribution in [3.05, 3.63) is 79.3 Å². The summed E-state index contributed by atoms with van der Waals surface area (Å²) in [6.07, 6.45) is 9.26. The molecule has 144 valence electrons. The number of fused-ring (bicyclic) bond motifs is 2. The highest BCUT2D eigenvalue weighted by Gasteiger charge is 2.14. The highest BCUT2D eigenvalue weighted by molar-refractivity contribution is 5.98. The fourth-order valence-electron chi connectivity index (χ4n) is 3.84. The number of rotatable bonds is 3. The number of nitrogens with zero attached hydrogens (tertiary/aromatic N) is 5. The SMILES string of the molecule is Cc1cn(-c2cccc3[nH]c(-c4n[nH]c5cnc(-c6cccnc6)cc45)cc23)cn1. The van der Waals surface area contributed by atoms with Gasteiger partial charge in [0.05, 0.1) is 40.8 Å². The monoisotopic (exact) mass is 391 g/mol. The molecule has 0 amide bonds. The summed E-state index contributed by atoms with van der Waals surface area (Å²) < 4.78 is 2.04. The van der Waals surface area contributed by atoms with Gasteiger partial charge in [-0.2, -0.15) is 5.10 Å². The third-order valence-corrected chi connectivity index (χ3v) is 5.29. The summed E-state index contributed by atoms with van der Waals surface area (Å²) in [4.78, 5) is 16.6. The molecule has 0 saturated heterocycles. The fraction of sp³-hybridized carbons (Fsp3) is 0.0435. The lowest BCUT2D eigenvalue weighted by Gasteiger charge is -2.03. The second-order valence-corrected chi connectivity index (χ2v) is 7.27. The number of aromatic nitrogens is 7. The molecule has 7 heteroatoms. The summed E-state index contributed by atoms with van der Waals surface area (Å²) >= 11 is 0. The van der Waals surface area contributed by atoms with Crippen LogP contribution in [-0.2, 0) is 0 Å². The van der Waals surface area contributed by atoms with Crippen LogP contribution in [0.4, 0.5) is 0 Å². The van der Waals surface area contributed by atoms with Gasteiger partial charge in [0.15, 0.2) is 0 Å². The first kappa shape index (κ1) is 16.7. The molecule has 6 aromatic rings. The lowest BCUT2D eigenvalue weighted by Crippen LogP contribution is -1.89. The van der Waals surface area contributed by atoms with Gasteiger partial charge in [0, 0.05) is 40.4 Å². The topological polar surface area (TPSA) is 88.1 Å². The largest absolute Gasteiger partial charge is 0.353 e. The predicted octanol–water partition coefficient (Wildman–Crippen LogP) is 4.66. The van der Waals surface area contributed by atoms with Crippen LogP contribution in [0.3, 0.4) is 0 Å². The molecule has 7 nitrogen and oxygen atoms in total. The Kier molecular flexibility index (Phi) is 3.55. The molecule has 1 aromatic carbocycles. The number of hydrogen-bond donors (Lipinski definition) is 2. The average Bonchev–Trinajstić information content (AvgIpc) is 3.51. The van der Waals surface area contributed by atoms with Crippen molar-refractivity contribution in [2.45, 2.75) is 6.92 Å². The molecule has 0 radical (unpaired) electrons. The molecule has 6 rings (SSSR count). The first-order valence-corrected chi connectivity index (χ1v) is 9.64. The van der Waals surface area contributed by atoms with E-state index >= 15 is 0 Å². The summed E-state index contributed by atoms with van der Waals surface area (Å²) in [5.74, 6) is 0. The number of H-pyrrole nitrogens is 2. The molecule has 0 bridgehead atoms. The zero-order chi connectivity index (χ0) is 20.1. The van der Waals surface area contributed by atoms with E-state index in [9.17, 15) is 0 Å². The number of pyridine rings is 2. The van der Waals surface area contributed by atoms with Crippen LogP contribution in [0.15, 0.2) is 73.6 Å². The Hall–Kier alpha value is -4.26. The molecule has 0 aliphatic heterocycles. The van der Waals surface area contributed by atoms with Crippen molar-refractivity contribution in [1.82, 2.24) is 34.7 Å². The third-order valence-electron chi connectivity index (χ3n) is 5.29. The molecule has 0 saturated carbocycles. The molecule has 0 aliphatic carbocycles. The molecule has 2 N–H and O–H groups in total. The van der Waals surface area contributed by atoms with Gasteiger partial charge in [0.2, 0.25) is 0 Å². The van der Waals surface area contributed by atoms with Gasteiger partial charge in [0.25, 0.3) is 0 Å². The van der Waals surface area contributed by atoms with Crippen LogP contribution in [0.5, 0.6) is 0 Å². The zero-order valence-corrected chi connectivity index (χ0v) is 16.2. The maximum Gasteiger partial charge on any atom is 0.116 e. The quantitative estimate of drug-likeness (QED) is 0.459. The van der Waals surface area contributed by atoms with Gasteiger partial charge in [-0.15, -0.1) is 0 Å². The summed E-state index contributed by atoms with van der Waals surface area (Å²) in [5, 5.41) is 9.79. The van der Waals surface area contributed by atoms with E-state index in [0.717, 1.165) is 55.8 Å². The third kappa shape index (κ3) is 2.60. The predicted molar refractivity (Wildman–Crippen MR) is 116 cm³/mol. The van der Waals surface area contributed by atoms with Gasteiger partial charge in [0.1, 0.15) is 5.69 Å². The van der Waals surface area contributed by atoms with Crippen molar-refractivity contribution >= 4 is 21.8 Å². The molecule has 0 atom stereocenters. The summed E-state index contributed by atoms with van der Waals surface area (Å²) in [7, 11) is 0. The van der Waals surface area contributed by atoms with Crippen LogP contribution in [0.25, 0.3) is 50.1 Å². The van der Waals surface area contributed by atoms with E-state index in [2.05, 4.69) is 54.4 Å². The Labute approximate surface area is 171 Å². The zero-order valence-electron chi connectivity index (χ0n) is 16.2. The van der Waals surface area contributed by atoms with E-state index in [-0.39, 0.29) is 0 Å². The van der Waals surface area contributed by atoms with Crippen molar-refractivity contribution in [1.29, 1.82) is 0 Å². The molecular formula is C23H17N7. The number of benzene rings is 1. The summed E-state index contributed by atoms with van der Waals surface area (Å²) in [5.41, 5.74) is 7.65. The highest BCUT2D eigenvalue weighted by atomic mass is 15.1. The van der Waals surface area contributed by atoms with E-state index in [4.69, 9.17) is 0 Å². The molecule has 0 unspecified atom stereocenters. The maximum absolute atomic E-state index is 4.57. The van der Waals surface area contributed by atoms with Crippen molar-refractivity contribution in [3.63, 3.8) is 0 Å². The van der Waals surface area contributed by atoms with E-state index in [0.29, 0.717) is 0 Å². The molecule has 0 aliphatic rings. The van der Waals surface area contributed by atoms with E-state index in [1.54, 1.807) is 6.20 Å². The van der Waals surface area contributed by atoms with Crippen LogP contribution in [0.1, 0.15) is 5.69 Å². The smallest absolute Gasteiger partial charge is 0.116 e. The molecule has 0 fully saturated rings. The minimum Gasteiger partial charge on any atom is -0.353 e. The lowest BCUT2D eigenvalue weighted by atomic mass is 10.1. The van der Waals surface area contributed by atoms with Crippen LogP contribution >= 0.6 is 0 Å². The number of nitrogens with one attached hydrogen (secondary N) is 2. The van der Waals surface area contributed by atoms with E-state index in [1.165, 1.54) is 0 Å². The second kappa shape index (κ2) is 6.38. The molecule has 5 heterocycles. The van der Waals surface area contributed by atoms with Gasteiger partial charge in [-0.25, -0.2) is 4.98 Å². The van der Waals surface area contributed by atoms with Crippen LogP contribution in [0, 0.1) is 6.92 Å². The Bertz CT molecular complexity index is 1510. The lowest BCUT2D eigenvalue weighted by molar-refractivity contribution is 1.07. The number of aromatic amines is 2. The van der Waals surface area contributed by atoms with Crippen LogP contribution in [-0.4, -0.2) is 34.7 Å². The van der Waals surface area contributed by atoms with Gasteiger partial charge in [-0.05, 0) is 43.3 Å². The fourth-order valence-corrected chi connectivity index (χ4v) is 3.84. The van der Waals surface area contributed by atoms with E-state index in [1.807, 2.05) is 54.6 Å². The number of aryl methyl sites for hydroxylation is 1. The Morgan fingerprint density at radius 3 is 2.73 bits per heavy atom. The molecule has 0 spiro atoms. The number of hydrogen-bond acceptors (Lipinski definition) is 4. The van der Waals surface area contributed by atoms with Crippen molar-refractivity contribution in [3.8, 4) is 28.3 Å². The van der Waals surface area contributed by atoms with Crippen molar-refractivity contribution in [2.75, 3.05) is 0 Å². The van der Waals surface area contributed by atoms with Crippen molar-refractivity contribution in [2.24, 2.45) is 0 Å². The van der Waals surface area contributed by atoms with Gasteiger partial charge in [-0.1, -0.05) is 6.07 Å². The molecule has 5 aromatic heterocycles. The molecular weight excluding hydrogens is 374 g/mol. The van der Waals surface area contributed by atoms with Gasteiger partial charge in [-0.3, -0.25) is 15.1 Å². The highest BCUT2D eigenvalue weighted by Crippen LogP contribution is 2.32. The Morgan fingerprint density at radius 1 is 0.933 bits per heavy atom. The van der Waals surface area contributed by atoms with E-state index < -0.39 is 0 Å². The first-order valence-electron chi connectivity index (χ1n) is 9.64.